The molecule has 0 heterocycles. The maximum Gasteiger partial charge on any atom is 0.261 e. The van der Waals surface area contributed by atoms with Crippen molar-refractivity contribution in [2.75, 3.05) is 20.6 Å². The number of hydrogen-bond acceptors (Lipinski definition) is 2. The van der Waals surface area contributed by atoms with Crippen LogP contribution in [0.1, 0.15) is 71.6 Å². The van der Waals surface area contributed by atoms with Gasteiger partial charge in [0.05, 0.1) is 20.6 Å². The van der Waals surface area contributed by atoms with E-state index in [1.54, 1.807) is 0 Å². The molecule has 1 amide bonds. The van der Waals surface area contributed by atoms with E-state index < -0.39 is 6.10 Å². The lowest BCUT2D eigenvalue weighted by molar-refractivity contribution is -0.933. The van der Waals surface area contributed by atoms with Crippen LogP contribution in [0, 0.1) is 0 Å². The monoisotopic (exact) mass is 286 g/mol. The van der Waals surface area contributed by atoms with Crippen molar-refractivity contribution in [1.29, 1.82) is 0 Å². The molecule has 0 rings (SSSR count). The van der Waals surface area contributed by atoms with Crippen molar-refractivity contribution in [2.24, 2.45) is 0 Å². The van der Waals surface area contributed by atoms with Gasteiger partial charge in [-0.2, -0.15) is 0 Å². The number of unbranched alkanes of at least 4 members (excludes halogenated alkanes) is 7. The number of amides is 1. The normalized spacial score (nSPS) is 13.2. The van der Waals surface area contributed by atoms with Crippen molar-refractivity contribution in [2.45, 2.75) is 77.7 Å². The van der Waals surface area contributed by atoms with Gasteiger partial charge in [0.1, 0.15) is 0 Å². The molecule has 1 N–H and O–H groups in total. The lowest BCUT2D eigenvalue weighted by Gasteiger charge is -2.35. The van der Waals surface area contributed by atoms with E-state index in [-0.39, 0.29) is 10.5 Å². The van der Waals surface area contributed by atoms with Gasteiger partial charge in [0.15, 0.2) is 0 Å². The predicted molar refractivity (Wildman–Crippen MR) is 81.8 cm³/mol. The first-order chi connectivity index (χ1) is 9.37. The van der Waals surface area contributed by atoms with Crippen LogP contribution in [-0.4, -0.2) is 37.2 Å². The molecule has 0 aromatic heterocycles. The van der Waals surface area contributed by atoms with Gasteiger partial charge in [-0.3, -0.25) is 4.79 Å². The van der Waals surface area contributed by atoms with E-state index in [1.165, 1.54) is 51.9 Å². The minimum absolute atomic E-state index is 0.0886. The molecule has 0 saturated heterocycles. The molecular formula is C16H34N2O2. The number of quaternary nitrogens is 1. The van der Waals surface area contributed by atoms with Gasteiger partial charge in [-0.05, 0) is 0 Å². The van der Waals surface area contributed by atoms with Crippen LogP contribution in [0.15, 0.2) is 0 Å². The van der Waals surface area contributed by atoms with Gasteiger partial charge >= 0.3 is 0 Å². The molecule has 0 fully saturated rings. The maximum absolute atomic E-state index is 11.9. The van der Waals surface area contributed by atoms with Gasteiger partial charge in [0.25, 0.3) is 5.91 Å². The van der Waals surface area contributed by atoms with E-state index in [0.717, 1.165) is 12.8 Å². The van der Waals surface area contributed by atoms with Crippen LogP contribution in [0.25, 0.3) is 0 Å². The van der Waals surface area contributed by atoms with Crippen LogP contribution in [0.5, 0.6) is 0 Å². The molecule has 4 heteroatoms. The van der Waals surface area contributed by atoms with Crippen molar-refractivity contribution >= 4 is 5.91 Å². The minimum atomic E-state index is -0.586. The summed E-state index contributed by atoms with van der Waals surface area (Å²) in [4.78, 5) is 11.0. The predicted octanol–water partition coefficient (Wildman–Crippen LogP) is 2.37. The summed E-state index contributed by atoms with van der Waals surface area (Å²) in [5, 5.41) is 11.9. The second-order valence-electron chi connectivity index (χ2n) is 6.42. The number of hydrogen-bond donors (Lipinski definition) is 1. The number of nitrogens with zero attached hydrogens (tertiary/aromatic N) is 1. The Balaban J connectivity index is 3.53. The average Bonchev–Trinajstić information content (AvgIpc) is 2.30. The Bertz CT molecular complexity index is 255. The van der Waals surface area contributed by atoms with E-state index in [2.05, 4.69) is 12.3 Å². The van der Waals surface area contributed by atoms with Crippen molar-refractivity contribution in [3.8, 4) is 0 Å². The third-order valence-electron chi connectivity index (χ3n) is 3.50. The Morgan fingerprint density at radius 3 is 2.05 bits per heavy atom. The lowest BCUT2D eigenvalue weighted by Crippen LogP contribution is -2.58. The SMILES string of the molecule is CCCCCCCCCCC([O-])C[N+](C)(C)NC(C)=O. The van der Waals surface area contributed by atoms with Crippen molar-refractivity contribution in [3.63, 3.8) is 0 Å². The third kappa shape index (κ3) is 12.4. The zero-order valence-corrected chi connectivity index (χ0v) is 13.9. The Morgan fingerprint density at radius 2 is 1.55 bits per heavy atom. The Labute approximate surface area is 125 Å². The van der Waals surface area contributed by atoms with Gasteiger partial charge < -0.3 is 5.11 Å². The van der Waals surface area contributed by atoms with E-state index in [0.29, 0.717) is 6.54 Å². The Kier molecular flexibility index (Phi) is 10.8. The number of carbonyl (C=O) groups is 1. The number of rotatable bonds is 12. The molecule has 20 heavy (non-hydrogen) atoms. The second-order valence-corrected chi connectivity index (χ2v) is 6.42. The lowest BCUT2D eigenvalue weighted by atomic mass is 10.1. The van der Waals surface area contributed by atoms with E-state index in [4.69, 9.17) is 0 Å². The molecule has 0 saturated carbocycles. The molecule has 0 radical (unpaired) electrons. The van der Waals surface area contributed by atoms with Crippen molar-refractivity contribution in [1.82, 2.24) is 5.43 Å². The zero-order chi connectivity index (χ0) is 15.4. The summed E-state index contributed by atoms with van der Waals surface area (Å²) < 4.78 is 0.278. The first-order valence-electron chi connectivity index (χ1n) is 8.15. The van der Waals surface area contributed by atoms with Crippen LogP contribution < -0.4 is 10.5 Å². The molecule has 0 spiro atoms. The quantitative estimate of drug-likeness (QED) is 0.340. The van der Waals surface area contributed by atoms with Crippen LogP contribution in [0.3, 0.4) is 0 Å². The number of carbonyl (C=O) groups excluding carboxylic acids is 1. The standard InChI is InChI=1S/C16H34N2O2/c1-5-6-7-8-9-10-11-12-13-16(20)14-18(3,4)17-15(2)19/h16H,5-14H2,1-4H3,(H,17,19). The molecule has 4 nitrogen and oxygen atoms in total. The molecule has 0 aliphatic heterocycles. The number of likely N-dealkylation sites (N-methyl/N-ethyl adjacent to an activating group) is 1. The molecular weight excluding hydrogens is 252 g/mol. The topological polar surface area (TPSA) is 52.2 Å². The molecule has 1 atom stereocenters. The molecule has 0 bridgehead atoms. The van der Waals surface area contributed by atoms with Gasteiger partial charge in [-0.1, -0.05) is 70.8 Å². The second kappa shape index (κ2) is 11.1. The third-order valence-corrected chi connectivity index (χ3v) is 3.50. The van der Waals surface area contributed by atoms with Crippen LogP contribution in [-0.2, 0) is 4.79 Å². The van der Waals surface area contributed by atoms with Gasteiger partial charge in [0, 0.05) is 6.92 Å². The summed E-state index contributed by atoms with van der Waals surface area (Å²) >= 11 is 0. The average molecular weight is 286 g/mol. The summed E-state index contributed by atoms with van der Waals surface area (Å²) in [6.45, 7) is 4.17. The maximum atomic E-state index is 11.9. The summed E-state index contributed by atoms with van der Waals surface area (Å²) in [5.41, 5.74) is 2.78. The highest BCUT2D eigenvalue weighted by Crippen LogP contribution is 2.10. The van der Waals surface area contributed by atoms with Crippen molar-refractivity contribution in [3.05, 3.63) is 0 Å². The molecule has 0 aliphatic carbocycles. The minimum Gasteiger partial charge on any atom is -0.848 e. The molecule has 0 aliphatic rings. The fourth-order valence-electron chi connectivity index (χ4n) is 2.58. The first kappa shape index (κ1) is 19.4. The highest BCUT2D eigenvalue weighted by molar-refractivity contribution is 5.71. The summed E-state index contributed by atoms with van der Waals surface area (Å²) in [6.07, 6.45) is 10.2. The van der Waals surface area contributed by atoms with Gasteiger partial charge in [-0.25, -0.2) is 10.0 Å². The van der Waals surface area contributed by atoms with E-state index in [1.807, 2.05) is 14.1 Å². The molecule has 1 unspecified atom stereocenters. The Morgan fingerprint density at radius 1 is 1.05 bits per heavy atom. The van der Waals surface area contributed by atoms with Crippen molar-refractivity contribution < 1.29 is 14.5 Å². The smallest absolute Gasteiger partial charge is 0.261 e. The first-order valence-corrected chi connectivity index (χ1v) is 8.15. The van der Waals surface area contributed by atoms with Crippen LogP contribution in [0.4, 0.5) is 0 Å². The number of nitrogens with one attached hydrogen (secondary N) is 1. The molecule has 0 aromatic rings. The summed E-state index contributed by atoms with van der Waals surface area (Å²) in [5.74, 6) is -0.0886. The van der Waals surface area contributed by atoms with Gasteiger partial charge in [-0.15, -0.1) is 0 Å². The Hall–Kier alpha value is -0.610. The highest BCUT2D eigenvalue weighted by atomic mass is 16.3. The van der Waals surface area contributed by atoms with E-state index >= 15 is 0 Å². The highest BCUT2D eigenvalue weighted by Gasteiger charge is 2.17. The molecule has 0 aromatic carbocycles. The van der Waals surface area contributed by atoms with Crippen LogP contribution >= 0.6 is 0 Å². The largest absolute Gasteiger partial charge is 0.848 e. The fourth-order valence-corrected chi connectivity index (χ4v) is 2.58. The van der Waals surface area contributed by atoms with Gasteiger partial charge in [0.2, 0.25) is 0 Å². The summed E-state index contributed by atoms with van der Waals surface area (Å²) in [7, 11) is 3.72. The fraction of sp³-hybridized carbons (Fsp3) is 0.938. The zero-order valence-electron chi connectivity index (χ0n) is 13.9. The summed E-state index contributed by atoms with van der Waals surface area (Å²) in [6, 6.07) is 0. The molecule has 120 valence electrons. The van der Waals surface area contributed by atoms with Crippen LogP contribution in [0.2, 0.25) is 0 Å². The van der Waals surface area contributed by atoms with E-state index in [9.17, 15) is 9.90 Å².